The van der Waals surface area contributed by atoms with Crippen molar-refractivity contribution in [1.29, 1.82) is 0 Å². The number of alkyl halides is 6. The molecule has 0 bridgehead atoms. The molecule has 2 rings (SSSR count). The number of halogens is 6. The van der Waals surface area contributed by atoms with Crippen molar-refractivity contribution in [2.75, 3.05) is 6.61 Å². The first-order valence-electron chi connectivity index (χ1n) is 8.19. The van der Waals surface area contributed by atoms with E-state index in [1.807, 2.05) is 13.8 Å². The van der Waals surface area contributed by atoms with Crippen molar-refractivity contribution < 1.29 is 36.2 Å². The molecule has 0 fully saturated rings. The third kappa shape index (κ3) is 4.10. The van der Waals surface area contributed by atoms with Crippen molar-refractivity contribution in [2.24, 2.45) is 0 Å². The second-order valence-corrected chi connectivity index (χ2v) is 6.41. The van der Waals surface area contributed by atoms with Gasteiger partial charge in [0, 0.05) is 0 Å². The van der Waals surface area contributed by atoms with Crippen molar-refractivity contribution in [1.82, 2.24) is 0 Å². The Kier molecular flexibility index (Phi) is 6.01. The highest BCUT2D eigenvalue weighted by Crippen LogP contribution is 2.56. The van der Waals surface area contributed by atoms with E-state index in [2.05, 4.69) is 0 Å². The Morgan fingerprint density at radius 3 is 1.64 bits per heavy atom. The van der Waals surface area contributed by atoms with Crippen LogP contribution in [-0.2, 0) is 5.41 Å². The van der Waals surface area contributed by atoms with Crippen LogP contribution >= 0.6 is 0 Å². The van der Waals surface area contributed by atoms with Crippen LogP contribution in [0.15, 0.2) is 60.2 Å². The van der Waals surface area contributed by atoms with Crippen LogP contribution in [0.5, 0.6) is 11.5 Å². The van der Waals surface area contributed by atoms with Crippen LogP contribution in [0.3, 0.4) is 0 Å². The average molecular weight is 404 g/mol. The molecular formula is C20H18F6O2. The van der Waals surface area contributed by atoms with E-state index >= 15 is 0 Å². The fraction of sp³-hybridized carbons (Fsp3) is 0.300. The van der Waals surface area contributed by atoms with Crippen molar-refractivity contribution >= 4 is 0 Å². The number of phenols is 1. The molecular weight excluding hydrogens is 386 g/mol. The summed E-state index contributed by atoms with van der Waals surface area (Å²) in [6, 6.07) is 6.47. The number of benzene rings is 2. The van der Waals surface area contributed by atoms with E-state index in [1.54, 1.807) is 6.08 Å². The number of hydrogen-bond donors (Lipinski definition) is 1. The molecule has 0 aliphatic carbocycles. The maximum Gasteiger partial charge on any atom is 0.411 e. The zero-order valence-corrected chi connectivity index (χ0v) is 15.0. The third-order valence-electron chi connectivity index (χ3n) is 4.18. The fourth-order valence-corrected chi connectivity index (χ4v) is 2.80. The van der Waals surface area contributed by atoms with Crippen molar-refractivity contribution in [2.45, 2.75) is 31.6 Å². The predicted octanol–water partition coefficient (Wildman–Crippen LogP) is 6.15. The SMILES string of the molecule is CC(C)=CCOc1ccc(C(c2ccc(O)cc2)(C(F)(F)F)C(F)(F)F)cc1. The molecule has 2 aromatic carbocycles. The van der Waals surface area contributed by atoms with E-state index < -0.39 is 34.6 Å². The lowest BCUT2D eigenvalue weighted by Crippen LogP contribution is -2.54. The van der Waals surface area contributed by atoms with Gasteiger partial charge in [0.15, 0.2) is 0 Å². The highest BCUT2D eigenvalue weighted by atomic mass is 19.4. The first-order valence-corrected chi connectivity index (χ1v) is 8.19. The van der Waals surface area contributed by atoms with Gasteiger partial charge >= 0.3 is 12.4 Å². The van der Waals surface area contributed by atoms with Crippen LogP contribution in [0.25, 0.3) is 0 Å². The molecule has 0 amide bonds. The first-order chi connectivity index (χ1) is 12.9. The molecule has 0 saturated heterocycles. The minimum atomic E-state index is -5.67. The number of hydrogen-bond acceptors (Lipinski definition) is 2. The lowest BCUT2D eigenvalue weighted by molar-refractivity contribution is -0.288. The largest absolute Gasteiger partial charge is 0.508 e. The molecule has 1 N–H and O–H groups in total. The van der Waals surface area contributed by atoms with Crippen LogP contribution in [0, 0.1) is 0 Å². The van der Waals surface area contributed by atoms with E-state index in [-0.39, 0.29) is 12.4 Å². The predicted molar refractivity (Wildman–Crippen MR) is 92.4 cm³/mol. The number of phenolic OH excluding ortho intramolecular Hbond substituents is 1. The van der Waals surface area contributed by atoms with Gasteiger partial charge in [0.05, 0.1) is 0 Å². The molecule has 152 valence electrons. The van der Waals surface area contributed by atoms with E-state index in [4.69, 9.17) is 4.74 Å². The summed E-state index contributed by atoms with van der Waals surface area (Å²) in [4.78, 5) is 0. The highest BCUT2D eigenvalue weighted by Gasteiger charge is 2.72. The number of aromatic hydroxyl groups is 1. The molecule has 0 unspecified atom stereocenters. The monoisotopic (exact) mass is 404 g/mol. The molecule has 2 nitrogen and oxygen atoms in total. The Morgan fingerprint density at radius 1 is 0.821 bits per heavy atom. The van der Waals surface area contributed by atoms with Gasteiger partial charge in [-0.1, -0.05) is 29.8 Å². The van der Waals surface area contributed by atoms with E-state index in [9.17, 15) is 31.4 Å². The molecule has 0 saturated carbocycles. The average Bonchev–Trinajstić information content (AvgIpc) is 2.55. The molecule has 8 heteroatoms. The topological polar surface area (TPSA) is 29.5 Å². The maximum atomic E-state index is 13.9. The molecule has 0 aliphatic rings. The van der Waals surface area contributed by atoms with Gasteiger partial charge in [0.25, 0.3) is 0 Å². The molecule has 0 aromatic heterocycles. The molecule has 0 radical (unpaired) electrons. The zero-order valence-electron chi connectivity index (χ0n) is 15.0. The highest BCUT2D eigenvalue weighted by molar-refractivity contribution is 5.46. The van der Waals surface area contributed by atoms with Gasteiger partial charge in [-0.05, 0) is 55.3 Å². The van der Waals surface area contributed by atoms with Crippen LogP contribution in [0.1, 0.15) is 25.0 Å². The molecule has 0 atom stereocenters. The van der Waals surface area contributed by atoms with Gasteiger partial charge in [-0.25, -0.2) is 0 Å². The molecule has 0 spiro atoms. The quantitative estimate of drug-likeness (QED) is 0.479. The second-order valence-electron chi connectivity index (χ2n) is 6.41. The lowest BCUT2D eigenvalue weighted by Gasteiger charge is -2.38. The molecule has 28 heavy (non-hydrogen) atoms. The van der Waals surface area contributed by atoms with E-state index in [1.165, 1.54) is 0 Å². The minimum absolute atomic E-state index is 0.142. The maximum absolute atomic E-state index is 13.9. The van der Waals surface area contributed by atoms with Crippen LogP contribution in [0.4, 0.5) is 26.3 Å². The normalized spacial score (nSPS) is 12.6. The summed E-state index contributed by atoms with van der Waals surface area (Å²) in [5, 5.41) is 9.27. The second kappa shape index (κ2) is 7.77. The lowest BCUT2D eigenvalue weighted by atomic mass is 9.73. The standard InChI is InChI=1S/C20H18F6O2/c1-13(2)11-12-28-17-9-5-15(6-10-17)18(19(21,22)23,20(24,25)26)14-3-7-16(27)8-4-14/h3-11,27H,12H2,1-2H3. The van der Waals surface area contributed by atoms with Crippen molar-refractivity contribution in [3.8, 4) is 11.5 Å². The van der Waals surface area contributed by atoms with Crippen molar-refractivity contribution in [3.63, 3.8) is 0 Å². The van der Waals surface area contributed by atoms with Gasteiger partial charge in [0.2, 0.25) is 5.41 Å². The summed E-state index contributed by atoms with van der Waals surface area (Å²) in [5.74, 6) is -0.296. The number of ether oxygens (including phenoxy) is 1. The summed E-state index contributed by atoms with van der Waals surface area (Å²) in [6.45, 7) is 3.79. The third-order valence-corrected chi connectivity index (χ3v) is 4.18. The van der Waals surface area contributed by atoms with Crippen molar-refractivity contribution in [3.05, 3.63) is 71.3 Å². The van der Waals surface area contributed by atoms with Crippen LogP contribution < -0.4 is 4.74 Å². The van der Waals surface area contributed by atoms with Gasteiger partial charge in [-0.2, -0.15) is 26.3 Å². The Labute approximate surface area is 158 Å². The molecule has 0 aliphatic heterocycles. The van der Waals surface area contributed by atoms with Gasteiger partial charge in [0.1, 0.15) is 18.1 Å². The number of rotatable bonds is 5. The van der Waals surface area contributed by atoms with E-state index in [0.29, 0.717) is 12.1 Å². The Hall–Kier alpha value is -2.64. The fourth-order valence-electron chi connectivity index (χ4n) is 2.80. The molecule has 0 heterocycles. The smallest absolute Gasteiger partial charge is 0.411 e. The van der Waals surface area contributed by atoms with Gasteiger partial charge < -0.3 is 9.84 Å². The Morgan fingerprint density at radius 2 is 1.25 bits per heavy atom. The minimum Gasteiger partial charge on any atom is -0.508 e. The summed E-state index contributed by atoms with van der Waals surface area (Å²) in [6.07, 6.45) is -9.63. The number of allylic oxidation sites excluding steroid dienone is 1. The van der Waals surface area contributed by atoms with Crippen LogP contribution in [-0.4, -0.2) is 24.1 Å². The van der Waals surface area contributed by atoms with Gasteiger partial charge in [-0.15, -0.1) is 0 Å². The summed E-state index contributed by atoms with van der Waals surface area (Å²) >= 11 is 0. The Bertz CT molecular complexity index is 800. The van der Waals surface area contributed by atoms with Gasteiger partial charge in [-0.3, -0.25) is 0 Å². The summed E-state index contributed by atoms with van der Waals surface area (Å²) < 4.78 is 88.8. The zero-order chi connectivity index (χ0) is 21.2. The Balaban J connectivity index is 2.59. The molecule has 2 aromatic rings. The summed E-state index contributed by atoms with van der Waals surface area (Å²) in [5.41, 5.74) is -5.32. The van der Waals surface area contributed by atoms with Crippen LogP contribution in [0.2, 0.25) is 0 Å². The van der Waals surface area contributed by atoms with E-state index in [0.717, 1.165) is 42.0 Å². The first kappa shape index (κ1) is 21.7. The summed E-state index contributed by atoms with van der Waals surface area (Å²) in [7, 11) is 0.